The van der Waals surface area contributed by atoms with E-state index in [4.69, 9.17) is 25.1 Å². The maximum absolute atomic E-state index is 14.5. The summed E-state index contributed by atoms with van der Waals surface area (Å²) in [6.07, 6.45) is 1.64. The predicted molar refractivity (Wildman–Crippen MR) is 185 cm³/mol. The number of aryl methyl sites for hydroxylation is 1. The third kappa shape index (κ3) is 8.78. The van der Waals surface area contributed by atoms with Crippen LogP contribution in [0.5, 0.6) is 5.75 Å². The van der Waals surface area contributed by atoms with Gasteiger partial charge in [-0.3, -0.25) is 10.2 Å². The zero-order chi connectivity index (χ0) is 32.9. The van der Waals surface area contributed by atoms with E-state index in [9.17, 15) is 4.79 Å². The van der Waals surface area contributed by atoms with Gasteiger partial charge in [-0.15, -0.1) is 0 Å². The molecule has 0 aliphatic carbocycles. The lowest BCUT2D eigenvalue weighted by molar-refractivity contribution is -0.130. The molecule has 1 amide bonds. The van der Waals surface area contributed by atoms with Crippen molar-refractivity contribution in [2.24, 2.45) is 10.1 Å². The van der Waals surface area contributed by atoms with Crippen molar-refractivity contribution in [1.29, 1.82) is 0 Å². The number of aliphatic hydroxyl groups is 1. The van der Waals surface area contributed by atoms with E-state index in [0.29, 0.717) is 36.8 Å². The molecule has 242 valence electrons. The van der Waals surface area contributed by atoms with E-state index < -0.39 is 11.6 Å². The van der Waals surface area contributed by atoms with Crippen molar-refractivity contribution in [2.75, 3.05) is 19.8 Å². The molecule has 11 heteroatoms. The molecular formula is C36H37BrN6O4. The van der Waals surface area contributed by atoms with Crippen LogP contribution in [-0.2, 0) is 28.9 Å². The van der Waals surface area contributed by atoms with Crippen molar-refractivity contribution in [3.05, 3.63) is 146 Å². The number of azide groups is 1. The highest BCUT2D eigenvalue weighted by molar-refractivity contribution is 9.10. The van der Waals surface area contributed by atoms with Gasteiger partial charge in [0.2, 0.25) is 5.90 Å². The molecule has 0 bridgehead atoms. The average molecular weight is 698 g/mol. The lowest BCUT2D eigenvalue weighted by atomic mass is 9.81. The lowest BCUT2D eigenvalue weighted by Crippen LogP contribution is -2.54. The number of carbonyl (C=O) groups is 1. The molecule has 5 rings (SSSR count). The van der Waals surface area contributed by atoms with Gasteiger partial charge in [-0.1, -0.05) is 87.8 Å². The molecule has 0 fully saturated rings. The Labute approximate surface area is 282 Å². The van der Waals surface area contributed by atoms with Crippen molar-refractivity contribution >= 4 is 27.7 Å². The molecule has 47 heavy (non-hydrogen) atoms. The highest BCUT2D eigenvalue weighted by atomic mass is 79.9. The van der Waals surface area contributed by atoms with Crippen LogP contribution in [0.4, 0.5) is 0 Å². The third-order valence-corrected chi connectivity index (χ3v) is 8.43. The molecule has 0 saturated heterocycles. The van der Waals surface area contributed by atoms with Gasteiger partial charge in [0.15, 0.2) is 11.6 Å². The van der Waals surface area contributed by atoms with Gasteiger partial charge in [-0.2, -0.15) is 0 Å². The molecule has 1 aliphatic rings. The Balaban J connectivity index is 1.49. The number of hydrazine groups is 1. The number of halogens is 1. The number of hydrogen-bond donors (Lipinski definition) is 3. The second kappa shape index (κ2) is 16.8. The van der Waals surface area contributed by atoms with E-state index in [2.05, 4.69) is 48.9 Å². The van der Waals surface area contributed by atoms with Crippen LogP contribution in [0.15, 0.2) is 118 Å². The summed E-state index contributed by atoms with van der Waals surface area (Å²) in [4.78, 5) is 22.5. The SMILES string of the molecule is [N-]=[N+]=NCc1ccccc1C[C@]1(C(=O)NNCCCc2ccccc2)N=C(c2ccc(OCCCO)cc2)O[C@H]1c1ccc(Br)cc1. The van der Waals surface area contributed by atoms with Gasteiger partial charge >= 0.3 is 0 Å². The quantitative estimate of drug-likeness (QED) is 0.0390. The summed E-state index contributed by atoms with van der Waals surface area (Å²) in [5, 5.41) is 12.9. The van der Waals surface area contributed by atoms with Crippen LogP contribution < -0.4 is 15.6 Å². The summed E-state index contributed by atoms with van der Waals surface area (Å²) >= 11 is 3.52. The molecule has 4 aromatic carbocycles. The van der Waals surface area contributed by atoms with Gasteiger partial charge in [-0.25, -0.2) is 10.4 Å². The van der Waals surface area contributed by atoms with Crippen LogP contribution in [0.25, 0.3) is 10.4 Å². The Morgan fingerprint density at radius 1 is 0.979 bits per heavy atom. The van der Waals surface area contributed by atoms with Crippen molar-refractivity contribution in [3.8, 4) is 5.75 Å². The number of carbonyl (C=O) groups excluding carboxylic acids is 1. The number of hydrogen-bond acceptors (Lipinski definition) is 7. The summed E-state index contributed by atoms with van der Waals surface area (Å²) in [7, 11) is 0. The first kappa shape index (κ1) is 33.7. The summed E-state index contributed by atoms with van der Waals surface area (Å²) in [6.45, 7) is 1.15. The molecule has 2 atom stereocenters. The van der Waals surface area contributed by atoms with E-state index in [1.807, 2.05) is 91.0 Å². The van der Waals surface area contributed by atoms with Gasteiger partial charge < -0.3 is 14.6 Å². The zero-order valence-corrected chi connectivity index (χ0v) is 27.5. The van der Waals surface area contributed by atoms with Crippen LogP contribution in [0.2, 0.25) is 0 Å². The molecule has 0 aromatic heterocycles. The van der Waals surface area contributed by atoms with Gasteiger partial charge in [0.1, 0.15) is 5.75 Å². The van der Waals surface area contributed by atoms with E-state index in [-0.39, 0.29) is 25.5 Å². The first-order chi connectivity index (χ1) is 23.0. The number of aliphatic imine (C=N–C) groups is 1. The van der Waals surface area contributed by atoms with Gasteiger partial charge in [0.05, 0.1) is 13.2 Å². The molecule has 10 nitrogen and oxygen atoms in total. The van der Waals surface area contributed by atoms with E-state index in [0.717, 1.165) is 34.0 Å². The summed E-state index contributed by atoms with van der Waals surface area (Å²) in [6, 6.07) is 32.8. The maximum atomic E-state index is 14.5. The fourth-order valence-corrected chi connectivity index (χ4v) is 5.74. The van der Waals surface area contributed by atoms with Crippen LogP contribution in [0.1, 0.15) is 46.8 Å². The Hall–Kier alpha value is -4.67. The Bertz CT molecular complexity index is 1700. The number of benzene rings is 4. The van der Waals surface area contributed by atoms with Crippen LogP contribution >= 0.6 is 15.9 Å². The molecule has 0 radical (unpaired) electrons. The normalized spacial score (nSPS) is 16.9. The average Bonchev–Trinajstić information content (AvgIpc) is 3.49. The standard InChI is InChI=1S/C36H37BrN6O4/c37-31-17-13-27(14-18-31)33-36(24-29-11-4-5-12-30(29)25-40-43-38,35(45)42-39-21-6-10-26-8-2-1-3-9-26)41-34(47-33)28-15-19-32(20-16-28)46-23-7-22-44/h1-5,8-9,11-20,33,39,44H,6-7,10,21-25H2,(H,42,45)/t33-,36-/m0/s1. The van der Waals surface area contributed by atoms with E-state index in [1.54, 1.807) is 0 Å². The molecular weight excluding hydrogens is 660 g/mol. The lowest BCUT2D eigenvalue weighted by Gasteiger charge is -2.31. The minimum absolute atomic E-state index is 0.0538. The summed E-state index contributed by atoms with van der Waals surface area (Å²) in [5.41, 5.74) is 18.0. The highest BCUT2D eigenvalue weighted by Crippen LogP contribution is 2.43. The Kier molecular flexibility index (Phi) is 12.0. The Morgan fingerprint density at radius 2 is 1.70 bits per heavy atom. The van der Waals surface area contributed by atoms with Crippen molar-refractivity contribution in [1.82, 2.24) is 10.9 Å². The second-order valence-electron chi connectivity index (χ2n) is 11.1. The zero-order valence-electron chi connectivity index (χ0n) is 25.9. The minimum Gasteiger partial charge on any atom is -0.494 e. The molecule has 1 aliphatic heterocycles. The predicted octanol–water partition coefficient (Wildman–Crippen LogP) is 6.77. The molecule has 0 spiro atoms. The number of ether oxygens (including phenoxy) is 2. The highest BCUT2D eigenvalue weighted by Gasteiger charge is 2.53. The molecule has 0 unspecified atom stereocenters. The number of rotatable bonds is 16. The number of aliphatic hydroxyl groups excluding tert-OH is 1. The summed E-state index contributed by atoms with van der Waals surface area (Å²) < 4.78 is 13.2. The molecule has 1 heterocycles. The largest absolute Gasteiger partial charge is 0.494 e. The summed E-state index contributed by atoms with van der Waals surface area (Å²) in [5.74, 6) is 0.634. The van der Waals surface area contributed by atoms with Crippen molar-refractivity contribution < 1.29 is 19.4 Å². The molecule has 4 aromatic rings. The molecule has 3 N–H and O–H groups in total. The van der Waals surface area contributed by atoms with Gasteiger partial charge in [0, 0.05) is 40.9 Å². The fraction of sp³-hybridized carbons (Fsp3) is 0.278. The van der Waals surface area contributed by atoms with Crippen LogP contribution in [0.3, 0.4) is 0 Å². The number of nitrogens with zero attached hydrogens (tertiary/aromatic N) is 4. The monoisotopic (exact) mass is 696 g/mol. The van der Waals surface area contributed by atoms with Gasteiger partial charge in [-0.05, 0) is 77.0 Å². The third-order valence-electron chi connectivity index (χ3n) is 7.90. The van der Waals surface area contributed by atoms with Gasteiger partial charge in [0.25, 0.3) is 5.91 Å². The maximum Gasteiger partial charge on any atom is 0.266 e. The van der Waals surface area contributed by atoms with Crippen LogP contribution in [0, 0.1) is 0 Å². The van der Waals surface area contributed by atoms with Crippen molar-refractivity contribution in [3.63, 3.8) is 0 Å². The number of amides is 1. The topological polar surface area (TPSA) is 141 Å². The first-order valence-corrected chi connectivity index (χ1v) is 16.3. The first-order valence-electron chi connectivity index (χ1n) is 15.5. The van der Waals surface area contributed by atoms with E-state index >= 15 is 0 Å². The number of nitrogens with one attached hydrogen (secondary N) is 2. The molecule has 0 saturated carbocycles. The van der Waals surface area contributed by atoms with Crippen molar-refractivity contribution in [2.45, 2.75) is 43.9 Å². The Morgan fingerprint density at radius 3 is 2.43 bits per heavy atom. The second-order valence-corrected chi connectivity index (χ2v) is 12.1. The minimum atomic E-state index is -1.42. The van der Waals surface area contributed by atoms with Crippen LogP contribution in [-0.4, -0.2) is 42.2 Å². The smallest absolute Gasteiger partial charge is 0.266 e. The van der Waals surface area contributed by atoms with E-state index in [1.165, 1.54) is 5.56 Å². The fourth-order valence-electron chi connectivity index (χ4n) is 5.48.